The van der Waals surface area contributed by atoms with Crippen LogP contribution >= 0.6 is 11.6 Å². The second kappa shape index (κ2) is 10.3. The van der Waals surface area contributed by atoms with Gasteiger partial charge in [0.2, 0.25) is 5.91 Å². The van der Waals surface area contributed by atoms with Gasteiger partial charge in [-0.15, -0.1) is 0 Å². The maximum atomic E-state index is 13.8. The predicted octanol–water partition coefficient (Wildman–Crippen LogP) is 4.31. The molecule has 0 aliphatic carbocycles. The maximum Gasteiger partial charge on any atom is 0.339 e. The minimum atomic E-state index is -4.28. The van der Waals surface area contributed by atoms with E-state index in [1.807, 2.05) is 0 Å². The van der Waals surface area contributed by atoms with Gasteiger partial charge < -0.3 is 9.80 Å². The van der Waals surface area contributed by atoms with Gasteiger partial charge in [-0.1, -0.05) is 54.1 Å². The predicted molar refractivity (Wildman–Crippen MR) is 148 cm³/mol. The summed E-state index contributed by atoms with van der Waals surface area (Å²) < 4.78 is 27.8. The third kappa shape index (κ3) is 4.72. The van der Waals surface area contributed by atoms with E-state index in [1.54, 1.807) is 47.4 Å². The summed E-state index contributed by atoms with van der Waals surface area (Å²) in [5.74, 6) is -0.278. The van der Waals surface area contributed by atoms with Crippen LogP contribution in [0.15, 0.2) is 77.7 Å². The first-order chi connectivity index (χ1) is 18.2. The normalized spacial score (nSPS) is 18.3. The quantitative estimate of drug-likeness (QED) is 0.471. The van der Waals surface area contributed by atoms with Crippen LogP contribution < -0.4 is 9.80 Å². The molecule has 0 aromatic heterocycles. The largest absolute Gasteiger partial charge is 0.368 e. The Bertz CT molecular complexity index is 1470. The number of nitrogens with zero attached hydrogens (tertiary/aromatic N) is 4. The number of benzene rings is 3. The first-order valence-corrected chi connectivity index (χ1v) is 14.3. The molecule has 198 valence electrons. The fraction of sp³-hybridized carbons (Fsp3) is 0.286. The van der Waals surface area contributed by atoms with Crippen LogP contribution in [0.2, 0.25) is 5.02 Å². The van der Waals surface area contributed by atoms with Crippen molar-refractivity contribution in [1.29, 1.82) is 0 Å². The Balaban J connectivity index is 1.41. The molecule has 3 amide bonds. The van der Waals surface area contributed by atoms with E-state index in [0.29, 0.717) is 31.9 Å². The number of rotatable bonds is 5. The molecule has 2 heterocycles. The van der Waals surface area contributed by atoms with Crippen LogP contribution in [0, 0.1) is 13.8 Å². The minimum absolute atomic E-state index is 0.0175. The van der Waals surface area contributed by atoms with E-state index in [1.165, 1.54) is 28.2 Å². The number of carbonyl (C=O) groups excluding carboxylic acids is 2. The fourth-order valence-corrected chi connectivity index (χ4v) is 6.91. The van der Waals surface area contributed by atoms with Crippen molar-refractivity contribution in [2.75, 3.05) is 42.5 Å². The number of hydrogen-bond acceptors (Lipinski definition) is 5. The monoisotopic (exact) mass is 552 g/mol. The number of piperazine rings is 1. The number of sulfonamides is 1. The Morgan fingerprint density at radius 1 is 0.895 bits per heavy atom. The molecule has 8 nitrogen and oxygen atoms in total. The molecule has 0 N–H and O–H groups in total. The highest BCUT2D eigenvalue weighted by atomic mass is 35.5. The zero-order valence-electron chi connectivity index (χ0n) is 21.2. The molecule has 0 bridgehead atoms. The van der Waals surface area contributed by atoms with Crippen molar-refractivity contribution in [3.8, 4) is 0 Å². The molecule has 3 aromatic rings. The molecule has 0 unspecified atom stereocenters. The summed E-state index contributed by atoms with van der Waals surface area (Å²) >= 11 is 6.18. The highest BCUT2D eigenvalue weighted by Gasteiger charge is 2.49. The summed E-state index contributed by atoms with van der Waals surface area (Å²) in [6, 6.07) is 19.2. The second-order valence-corrected chi connectivity index (χ2v) is 11.8. The van der Waals surface area contributed by atoms with Crippen molar-refractivity contribution in [1.82, 2.24) is 9.21 Å². The van der Waals surface area contributed by atoms with Gasteiger partial charge in [0.25, 0.3) is 10.0 Å². The van der Waals surface area contributed by atoms with Gasteiger partial charge in [-0.25, -0.2) is 17.5 Å². The van der Waals surface area contributed by atoms with Gasteiger partial charge in [0.1, 0.15) is 10.9 Å². The second-order valence-electron chi connectivity index (χ2n) is 9.57. The van der Waals surface area contributed by atoms with Crippen molar-refractivity contribution in [2.24, 2.45) is 0 Å². The third-order valence-corrected chi connectivity index (χ3v) is 9.33. The Kier molecular flexibility index (Phi) is 7.07. The highest BCUT2D eigenvalue weighted by Crippen LogP contribution is 2.33. The average Bonchev–Trinajstić information content (AvgIpc) is 3.28. The molecule has 0 saturated carbocycles. The number of anilines is 2. The van der Waals surface area contributed by atoms with E-state index in [9.17, 15) is 18.0 Å². The smallest absolute Gasteiger partial charge is 0.339 e. The SMILES string of the molecule is Cc1ccc(C)c(N2CCN(C(=O)[C@@H]3CN(S(=O)(=O)c4ccccc4Cl)C(=O)N3c3ccccc3)CC2)c1. The number of hydrogen-bond donors (Lipinski definition) is 0. The van der Waals surface area contributed by atoms with E-state index in [-0.39, 0.29) is 22.4 Å². The molecule has 0 spiro atoms. The van der Waals surface area contributed by atoms with E-state index < -0.39 is 22.1 Å². The fourth-order valence-electron chi connectivity index (χ4n) is 5.05. The van der Waals surface area contributed by atoms with Gasteiger partial charge in [0.15, 0.2) is 0 Å². The molecule has 2 fully saturated rings. The van der Waals surface area contributed by atoms with Gasteiger partial charge >= 0.3 is 6.03 Å². The number of amides is 3. The van der Waals surface area contributed by atoms with E-state index in [0.717, 1.165) is 9.99 Å². The Labute approximate surface area is 228 Å². The van der Waals surface area contributed by atoms with Gasteiger partial charge in [0, 0.05) is 37.6 Å². The maximum absolute atomic E-state index is 13.8. The van der Waals surface area contributed by atoms with E-state index >= 15 is 0 Å². The summed E-state index contributed by atoms with van der Waals surface area (Å²) in [7, 11) is -4.28. The first kappa shape index (κ1) is 26.1. The summed E-state index contributed by atoms with van der Waals surface area (Å²) in [6.45, 7) is 6.06. The molecule has 1 atom stereocenters. The van der Waals surface area contributed by atoms with Crippen molar-refractivity contribution in [2.45, 2.75) is 24.8 Å². The lowest BCUT2D eigenvalue weighted by Crippen LogP contribution is -2.55. The molecular weight excluding hydrogens is 524 g/mol. The molecule has 3 aromatic carbocycles. The molecule has 0 radical (unpaired) electrons. The highest BCUT2D eigenvalue weighted by molar-refractivity contribution is 7.89. The molecule has 5 rings (SSSR count). The first-order valence-electron chi connectivity index (χ1n) is 12.4. The standard InChI is InChI=1S/C28H29ClN4O4S/c1-20-12-13-21(2)24(18-20)30-14-16-31(17-15-30)27(34)25-19-32(28(35)33(25)22-8-4-3-5-9-22)38(36,37)26-11-7-6-10-23(26)29/h3-13,18,25H,14-17,19H2,1-2H3/t25-/m0/s1. The molecule has 2 aliphatic rings. The summed E-state index contributed by atoms with van der Waals surface area (Å²) in [6.07, 6.45) is 0. The number of urea groups is 1. The zero-order valence-corrected chi connectivity index (χ0v) is 22.8. The Morgan fingerprint density at radius 2 is 1.55 bits per heavy atom. The lowest BCUT2D eigenvalue weighted by Gasteiger charge is -2.38. The number of para-hydroxylation sites is 1. The number of carbonyl (C=O) groups is 2. The third-order valence-electron chi connectivity index (χ3n) is 7.09. The van der Waals surface area contributed by atoms with Crippen molar-refractivity contribution in [3.63, 3.8) is 0 Å². The van der Waals surface area contributed by atoms with Crippen LogP contribution in [0.3, 0.4) is 0 Å². The summed E-state index contributed by atoms with van der Waals surface area (Å²) in [5.41, 5.74) is 3.96. The van der Waals surface area contributed by atoms with Crippen LogP contribution in [-0.2, 0) is 14.8 Å². The molecule has 2 saturated heterocycles. The zero-order chi connectivity index (χ0) is 27.0. The molecule has 2 aliphatic heterocycles. The van der Waals surface area contributed by atoms with Crippen LogP contribution in [0.5, 0.6) is 0 Å². The van der Waals surface area contributed by atoms with Gasteiger partial charge in [0.05, 0.1) is 11.6 Å². The van der Waals surface area contributed by atoms with E-state index in [2.05, 4.69) is 36.9 Å². The van der Waals surface area contributed by atoms with Gasteiger partial charge in [-0.05, 0) is 55.3 Å². The summed E-state index contributed by atoms with van der Waals surface area (Å²) in [4.78, 5) is 32.5. The number of halogens is 1. The minimum Gasteiger partial charge on any atom is -0.368 e. The van der Waals surface area contributed by atoms with Crippen LogP contribution in [0.1, 0.15) is 11.1 Å². The van der Waals surface area contributed by atoms with Crippen LogP contribution in [0.4, 0.5) is 16.2 Å². The van der Waals surface area contributed by atoms with Gasteiger partial charge in [-0.3, -0.25) is 9.69 Å². The van der Waals surface area contributed by atoms with Crippen LogP contribution in [0.25, 0.3) is 0 Å². The van der Waals surface area contributed by atoms with Crippen molar-refractivity contribution < 1.29 is 18.0 Å². The lowest BCUT2D eigenvalue weighted by molar-refractivity contribution is -0.132. The molecule has 10 heteroatoms. The molecule has 38 heavy (non-hydrogen) atoms. The molecular formula is C28H29ClN4O4S. The van der Waals surface area contributed by atoms with Crippen molar-refractivity contribution in [3.05, 3.63) is 88.9 Å². The topological polar surface area (TPSA) is 81.2 Å². The van der Waals surface area contributed by atoms with Crippen LogP contribution in [-0.4, -0.2) is 68.3 Å². The Hall–Kier alpha value is -3.56. The average molecular weight is 553 g/mol. The lowest BCUT2D eigenvalue weighted by atomic mass is 10.1. The van der Waals surface area contributed by atoms with Crippen molar-refractivity contribution >= 4 is 44.9 Å². The number of aryl methyl sites for hydroxylation is 2. The Morgan fingerprint density at radius 3 is 2.24 bits per heavy atom. The van der Waals surface area contributed by atoms with Gasteiger partial charge in [-0.2, -0.15) is 0 Å². The van der Waals surface area contributed by atoms with E-state index in [4.69, 9.17) is 11.6 Å². The summed E-state index contributed by atoms with van der Waals surface area (Å²) in [5, 5.41) is 0.0175.